The number of nitrogen functional groups attached to an aromatic ring is 1. The van der Waals surface area contributed by atoms with Gasteiger partial charge in [-0.1, -0.05) is 25.4 Å². The predicted molar refractivity (Wildman–Crippen MR) is 95.7 cm³/mol. The minimum atomic E-state index is -0.288. The Bertz CT molecular complexity index is 588. The van der Waals surface area contributed by atoms with Gasteiger partial charge in [-0.05, 0) is 19.2 Å². The molecule has 0 heterocycles. The number of rotatable bonds is 9. The summed E-state index contributed by atoms with van der Waals surface area (Å²) in [6, 6.07) is 2.97. The highest BCUT2D eigenvalue weighted by Crippen LogP contribution is 2.28. The Morgan fingerprint density at radius 1 is 1.43 bits per heavy atom. The number of anilines is 1. The van der Waals surface area contributed by atoms with Crippen molar-refractivity contribution in [2.24, 2.45) is 0 Å². The smallest absolute Gasteiger partial charge is 0.255 e. The maximum atomic E-state index is 12.3. The van der Waals surface area contributed by atoms with Crippen LogP contribution in [0, 0.1) is 0 Å². The van der Waals surface area contributed by atoms with E-state index in [9.17, 15) is 9.00 Å². The Kier molecular flexibility index (Phi) is 8.68. The van der Waals surface area contributed by atoms with E-state index >= 15 is 0 Å². The maximum Gasteiger partial charge on any atom is 0.255 e. The first-order chi connectivity index (χ1) is 11.0. The van der Waals surface area contributed by atoms with Gasteiger partial charge in [-0.15, -0.1) is 0 Å². The van der Waals surface area contributed by atoms with Crippen LogP contribution >= 0.6 is 11.6 Å². The van der Waals surface area contributed by atoms with E-state index in [0.29, 0.717) is 34.8 Å². The predicted octanol–water partition coefficient (Wildman–Crippen LogP) is 1.39. The second-order valence-electron chi connectivity index (χ2n) is 4.73. The zero-order valence-electron chi connectivity index (χ0n) is 13.3. The molecule has 0 saturated heterocycles. The molecule has 1 rings (SSSR count). The Hall–Kier alpha value is -1.57. The summed E-state index contributed by atoms with van der Waals surface area (Å²) in [6.45, 7) is 7.36. The molecule has 0 aliphatic carbocycles. The Morgan fingerprint density at radius 2 is 2.13 bits per heavy atom. The van der Waals surface area contributed by atoms with Gasteiger partial charge in [-0.2, -0.15) is 0 Å². The van der Waals surface area contributed by atoms with Crippen LogP contribution in [-0.4, -0.2) is 53.2 Å². The molecule has 0 atom stereocenters. The van der Waals surface area contributed by atoms with Gasteiger partial charge in [0.25, 0.3) is 5.91 Å². The fraction of sp³-hybridized carbons (Fsp3) is 0.467. The molecule has 0 radical (unpaired) electrons. The monoisotopic (exact) mass is 359 g/mol. The summed E-state index contributed by atoms with van der Waals surface area (Å²) in [5.74, 6) is 0.0152. The fourth-order valence-electron chi connectivity index (χ4n) is 1.98. The second kappa shape index (κ2) is 10.3. The molecule has 0 aliphatic rings. The standard InChI is InChI=1S/C15H22ClN3O3S/c1-3-19(4-2)6-5-18-15(20)11-9-12(16)13(17)10-14(11)22-7-8-23-21/h8-10H,3-7,17H2,1-2H3,(H,18,20). The number of halogens is 1. The minimum Gasteiger partial charge on any atom is -0.488 e. The molecule has 0 aromatic heterocycles. The van der Waals surface area contributed by atoms with Crippen molar-refractivity contribution >= 4 is 39.8 Å². The zero-order valence-corrected chi connectivity index (χ0v) is 14.9. The lowest BCUT2D eigenvalue weighted by molar-refractivity contribution is 0.0945. The third kappa shape index (κ3) is 6.21. The van der Waals surface area contributed by atoms with E-state index in [-0.39, 0.29) is 17.5 Å². The number of benzene rings is 1. The van der Waals surface area contributed by atoms with Crippen molar-refractivity contribution < 1.29 is 13.7 Å². The molecule has 0 bridgehead atoms. The van der Waals surface area contributed by atoms with E-state index < -0.39 is 0 Å². The molecule has 8 heteroatoms. The zero-order chi connectivity index (χ0) is 17.2. The molecule has 3 N–H and O–H groups in total. The van der Waals surface area contributed by atoms with Crippen LogP contribution in [0.2, 0.25) is 5.02 Å². The highest BCUT2D eigenvalue weighted by Gasteiger charge is 2.15. The largest absolute Gasteiger partial charge is 0.488 e. The van der Waals surface area contributed by atoms with Crippen LogP contribution in [0.1, 0.15) is 24.2 Å². The summed E-state index contributed by atoms with van der Waals surface area (Å²) in [7, 11) is 0. The average Bonchev–Trinajstić information content (AvgIpc) is 2.54. The van der Waals surface area contributed by atoms with Gasteiger partial charge in [0.15, 0.2) is 0 Å². The SMILES string of the molecule is CCN(CC)CCNC(=O)c1cc(Cl)c(N)cc1OCC=S=O. The molecule has 1 aromatic carbocycles. The first-order valence-electron chi connectivity index (χ1n) is 7.36. The van der Waals surface area contributed by atoms with Crippen LogP contribution in [0.4, 0.5) is 5.69 Å². The van der Waals surface area contributed by atoms with Crippen LogP contribution in [0.15, 0.2) is 12.1 Å². The molecular formula is C15H22ClN3O3S. The first-order valence-corrected chi connectivity index (χ1v) is 8.54. The molecule has 0 spiro atoms. The number of nitrogens with one attached hydrogen (secondary N) is 1. The van der Waals surface area contributed by atoms with Crippen LogP contribution < -0.4 is 15.8 Å². The third-order valence-electron chi connectivity index (χ3n) is 3.33. The molecule has 0 unspecified atom stereocenters. The molecular weight excluding hydrogens is 338 g/mol. The van der Waals surface area contributed by atoms with E-state index in [2.05, 4.69) is 24.1 Å². The third-order valence-corrected chi connectivity index (χ3v) is 3.93. The second-order valence-corrected chi connectivity index (χ2v) is 5.66. The number of nitrogens with zero attached hydrogens (tertiary/aromatic N) is 1. The average molecular weight is 360 g/mol. The van der Waals surface area contributed by atoms with Gasteiger partial charge < -0.3 is 20.7 Å². The summed E-state index contributed by atoms with van der Waals surface area (Å²) >= 11 is 6.29. The van der Waals surface area contributed by atoms with Gasteiger partial charge in [0.2, 0.25) is 0 Å². The van der Waals surface area contributed by atoms with E-state index in [1.807, 2.05) is 0 Å². The summed E-state index contributed by atoms with van der Waals surface area (Å²) < 4.78 is 15.8. The van der Waals surface area contributed by atoms with Crippen molar-refractivity contribution in [3.05, 3.63) is 22.7 Å². The highest BCUT2D eigenvalue weighted by atomic mass is 35.5. The number of carbonyl (C=O) groups is 1. The molecule has 6 nitrogen and oxygen atoms in total. The van der Waals surface area contributed by atoms with Crippen molar-refractivity contribution in [1.82, 2.24) is 10.2 Å². The van der Waals surface area contributed by atoms with Gasteiger partial charge in [0, 0.05) is 24.5 Å². The molecule has 23 heavy (non-hydrogen) atoms. The lowest BCUT2D eigenvalue weighted by Crippen LogP contribution is -2.35. The van der Waals surface area contributed by atoms with Crippen molar-refractivity contribution in [3.8, 4) is 5.75 Å². The summed E-state index contributed by atoms with van der Waals surface area (Å²) in [6.07, 6.45) is 0. The molecule has 1 amide bonds. The number of likely N-dealkylation sites (N-methyl/N-ethyl adjacent to an activating group) is 1. The number of nitrogens with two attached hydrogens (primary N) is 1. The van der Waals surface area contributed by atoms with Gasteiger partial charge in [0.1, 0.15) is 12.4 Å². The van der Waals surface area contributed by atoms with Gasteiger partial charge in [-0.3, -0.25) is 4.79 Å². The fourth-order valence-corrected chi connectivity index (χ4v) is 2.27. The Labute approximate surface area is 145 Å². The summed E-state index contributed by atoms with van der Waals surface area (Å²) in [4.78, 5) is 14.5. The number of ether oxygens (including phenoxy) is 1. The van der Waals surface area contributed by atoms with Gasteiger partial charge >= 0.3 is 0 Å². The molecule has 0 aliphatic heterocycles. The van der Waals surface area contributed by atoms with E-state index in [1.54, 1.807) is 0 Å². The van der Waals surface area contributed by atoms with Crippen molar-refractivity contribution in [3.63, 3.8) is 0 Å². The Morgan fingerprint density at radius 3 is 2.74 bits per heavy atom. The van der Waals surface area contributed by atoms with E-state index in [4.69, 9.17) is 22.1 Å². The van der Waals surface area contributed by atoms with Crippen molar-refractivity contribution in [2.75, 3.05) is 38.5 Å². The quantitative estimate of drug-likeness (QED) is 0.514. The van der Waals surface area contributed by atoms with Crippen LogP contribution in [0.5, 0.6) is 5.75 Å². The summed E-state index contributed by atoms with van der Waals surface area (Å²) in [5.41, 5.74) is 6.36. The van der Waals surface area contributed by atoms with Crippen LogP contribution in [-0.2, 0) is 11.3 Å². The number of hydrogen-bond acceptors (Lipinski definition) is 5. The lowest BCUT2D eigenvalue weighted by atomic mass is 10.1. The van der Waals surface area contributed by atoms with Crippen LogP contribution in [0.3, 0.4) is 0 Å². The first kappa shape index (κ1) is 19.5. The summed E-state index contributed by atoms with van der Waals surface area (Å²) in [5, 5.41) is 4.46. The van der Waals surface area contributed by atoms with Crippen molar-refractivity contribution in [2.45, 2.75) is 13.8 Å². The topological polar surface area (TPSA) is 84.7 Å². The molecule has 1 aromatic rings. The van der Waals surface area contributed by atoms with Gasteiger partial charge in [-0.25, -0.2) is 4.21 Å². The number of carbonyl (C=O) groups excluding carboxylic acids is 1. The Balaban J connectivity index is 2.80. The highest BCUT2D eigenvalue weighted by molar-refractivity contribution is 7.64. The van der Waals surface area contributed by atoms with Gasteiger partial charge in [0.05, 0.1) is 27.5 Å². The molecule has 0 saturated carbocycles. The number of hydrogen-bond donors (Lipinski definition) is 2. The van der Waals surface area contributed by atoms with E-state index in [0.717, 1.165) is 19.6 Å². The number of amides is 1. The molecule has 0 fully saturated rings. The lowest BCUT2D eigenvalue weighted by Gasteiger charge is -2.18. The minimum absolute atomic E-state index is 0.0783. The molecule has 128 valence electrons. The van der Waals surface area contributed by atoms with E-state index in [1.165, 1.54) is 17.5 Å². The van der Waals surface area contributed by atoms with Crippen LogP contribution in [0.25, 0.3) is 0 Å². The maximum absolute atomic E-state index is 12.3. The van der Waals surface area contributed by atoms with Crippen molar-refractivity contribution in [1.29, 1.82) is 0 Å². The normalized spacial score (nSPS) is 10.4.